The van der Waals surface area contributed by atoms with Gasteiger partial charge in [-0.1, -0.05) is 0 Å². The van der Waals surface area contributed by atoms with Gasteiger partial charge in [-0.2, -0.15) is 0 Å². The van der Waals surface area contributed by atoms with Crippen LogP contribution in [0.2, 0.25) is 0 Å². The highest BCUT2D eigenvalue weighted by Gasteiger charge is 1.98. The van der Waals surface area contributed by atoms with Crippen LogP contribution in [0.25, 0.3) is 11.2 Å². The quantitative estimate of drug-likeness (QED) is 0.553. The topological polar surface area (TPSA) is 74.4 Å². The van der Waals surface area contributed by atoms with E-state index in [0.29, 0.717) is 17.0 Å². The largest absolute Gasteiger partial charge is 0.325 e. The van der Waals surface area contributed by atoms with E-state index < -0.39 is 0 Å². The van der Waals surface area contributed by atoms with Gasteiger partial charge in [-0.15, -0.1) is 0 Å². The van der Waals surface area contributed by atoms with Gasteiger partial charge in [0.1, 0.15) is 11.3 Å². The minimum Gasteiger partial charge on any atom is -0.303 e. The minimum absolute atomic E-state index is 0.250. The van der Waals surface area contributed by atoms with E-state index in [1.807, 2.05) is 0 Å². The van der Waals surface area contributed by atoms with E-state index in [0.717, 1.165) is 0 Å². The zero-order valence-electron chi connectivity index (χ0n) is 5.88. The molecule has 0 aliphatic carbocycles. The molecule has 0 bridgehead atoms. The molecular weight excluding hydrogens is 144 g/mol. The molecule has 2 aromatic heterocycles. The fraction of sp³-hybridized carbons (Fsp3) is 0.167. The van der Waals surface area contributed by atoms with Crippen molar-refractivity contribution in [2.24, 2.45) is 0 Å². The maximum atomic E-state index is 10.7. The standard InChI is InChI=1S/C6H6N4O/c1-3-7-2-4-5(8-3)10-6(11)9-4/h2H,1H3,(H2,7,8,9,10,11). The molecule has 2 heterocycles. The molecular formula is C6H6N4O. The number of rotatable bonds is 0. The number of aromatic nitrogens is 4. The van der Waals surface area contributed by atoms with E-state index in [2.05, 4.69) is 19.9 Å². The van der Waals surface area contributed by atoms with Crippen LogP contribution in [-0.4, -0.2) is 19.9 Å². The molecule has 56 valence electrons. The van der Waals surface area contributed by atoms with Gasteiger partial charge in [-0.3, -0.25) is 4.98 Å². The van der Waals surface area contributed by atoms with Gasteiger partial charge in [-0.25, -0.2) is 14.8 Å². The fourth-order valence-electron chi connectivity index (χ4n) is 0.918. The Kier molecular flexibility index (Phi) is 1.06. The van der Waals surface area contributed by atoms with Gasteiger partial charge in [0.05, 0.1) is 6.20 Å². The van der Waals surface area contributed by atoms with Crippen molar-refractivity contribution in [1.82, 2.24) is 19.9 Å². The summed E-state index contributed by atoms with van der Waals surface area (Å²) in [7, 11) is 0. The van der Waals surface area contributed by atoms with E-state index in [-0.39, 0.29) is 5.69 Å². The fourth-order valence-corrected chi connectivity index (χ4v) is 0.918. The molecule has 0 fully saturated rings. The van der Waals surface area contributed by atoms with Crippen LogP contribution in [0.15, 0.2) is 11.0 Å². The molecule has 0 saturated carbocycles. The molecule has 0 saturated heterocycles. The zero-order chi connectivity index (χ0) is 7.84. The smallest absolute Gasteiger partial charge is 0.303 e. The summed E-state index contributed by atoms with van der Waals surface area (Å²) in [6.45, 7) is 1.77. The second-order valence-electron chi connectivity index (χ2n) is 2.26. The minimum atomic E-state index is -0.250. The number of aromatic amines is 2. The summed E-state index contributed by atoms with van der Waals surface area (Å²) >= 11 is 0. The molecule has 5 heteroatoms. The van der Waals surface area contributed by atoms with E-state index >= 15 is 0 Å². The number of imidazole rings is 1. The summed E-state index contributed by atoms with van der Waals surface area (Å²) in [5, 5.41) is 0. The maximum Gasteiger partial charge on any atom is 0.325 e. The van der Waals surface area contributed by atoms with Gasteiger partial charge in [-0.05, 0) is 6.92 Å². The molecule has 0 spiro atoms. The van der Waals surface area contributed by atoms with Crippen LogP contribution in [0.4, 0.5) is 0 Å². The van der Waals surface area contributed by atoms with Crippen molar-refractivity contribution in [3.63, 3.8) is 0 Å². The molecule has 0 aromatic carbocycles. The predicted molar refractivity (Wildman–Crippen MR) is 39.2 cm³/mol. The Bertz CT molecular complexity index is 441. The van der Waals surface area contributed by atoms with Crippen LogP contribution in [0, 0.1) is 6.92 Å². The molecule has 0 radical (unpaired) electrons. The molecule has 2 aromatic rings. The summed E-state index contributed by atoms with van der Waals surface area (Å²) in [6.07, 6.45) is 1.58. The van der Waals surface area contributed by atoms with Crippen molar-refractivity contribution in [3.8, 4) is 0 Å². The lowest BCUT2D eigenvalue weighted by Crippen LogP contribution is -1.99. The first-order valence-electron chi connectivity index (χ1n) is 3.17. The average molecular weight is 150 g/mol. The summed E-state index contributed by atoms with van der Waals surface area (Å²) in [5.41, 5.74) is 0.947. The summed E-state index contributed by atoms with van der Waals surface area (Å²) in [4.78, 5) is 23.7. The van der Waals surface area contributed by atoms with Gasteiger partial charge in [0, 0.05) is 0 Å². The predicted octanol–water partition coefficient (Wildman–Crippen LogP) is -0.0454. The highest BCUT2D eigenvalue weighted by Crippen LogP contribution is 1.99. The second-order valence-corrected chi connectivity index (χ2v) is 2.26. The van der Waals surface area contributed by atoms with Crippen molar-refractivity contribution in [2.75, 3.05) is 0 Å². The summed E-state index contributed by atoms with van der Waals surface area (Å²) in [5.74, 6) is 0.646. The molecule has 2 N–H and O–H groups in total. The van der Waals surface area contributed by atoms with Crippen LogP contribution >= 0.6 is 0 Å². The molecule has 0 amide bonds. The first-order chi connectivity index (χ1) is 5.25. The first-order valence-corrected chi connectivity index (χ1v) is 3.17. The zero-order valence-corrected chi connectivity index (χ0v) is 5.88. The van der Waals surface area contributed by atoms with E-state index in [9.17, 15) is 4.79 Å². The van der Waals surface area contributed by atoms with Crippen LogP contribution in [0.1, 0.15) is 5.82 Å². The molecule has 5 nitrogen and oxygen atoms in total. The molecule has 0 unspecified atom stereocenters. The number of H-pyrrole nitrogens is 2. The van der Waals surface area contributed by atoms with Crippen molar-refractivity contribution in [1.29, 1.82) is 0 Å². The monoisotopic (exact) mass is 150 g/mol. The van der Waals surface area contributed by atoms with Crippen LogP contribution in [-0.2, 0) is 0 Å². The van der Waals surface area contributed by atoms with Gasteiger partial charge in [0.15, 0.2) is 5.65 Å². The third kappa shape index (κ3) is 0.899. The third-order valence-corrected chi connectivity index (χ3v) is 1.39. The van der Waals surface area contributed by atoms with Crippen LogP contribution in [0.3, 0.4) is 0 Å². The summed E-state index contributed by atoms with van der Waals surface area (Å²) in [6, 6.07) is 0. The van der Waals surface area contributed by atoms with E-state index in [1.54, 1.807) is 13.1 Å². The van der Waals surface area contributed by atoms with Gasteiger partial charge < -0.3 is 4.98 Å². The Morgan fingerprint density at radius 2 is 2.27 bits per heavy atom. The van der Waals surface area contributed by atoms with Crippen LogP contribution < -0.4 is 5.69 Å². The van der Waals surface area contributed by atoms with Gasteiger partial charge >= 0.3 is 5.69 Å². The highest BCUT2D eigenvalue weighted by atomic mass is 16.1. The van der Waals surface area contributed by atoms with Crippen LogP contribution in [0.5, 0.6) is 0 Å². The number of fused-ring (bicyclic) bond motifs is 1. The number of hydrogen-bond donors (Lipinski definition) is 2. The van der Waals surface area contributed by atoms with Crippen molar-refractivity contribution in [2.45, 2.75) is 6.92 Å². The first kappa shape index (κ1) is 6.09. The van der Waals surface area contributed by atoms with Gasteiger partial charge in [0.25, 0.3) is 0 Å². The number of aryl methyl sites for hydroxylation is 1. The van der Waals surface area contributed by atoms with Crippen molar-refractivity contribution in [3.05, 3.63) is 22.5 Å². The summed E-state index contributed by atoms with van der Waals surface area (Å²) < 4.78 is 0. The Balaban J connectivity index is 2.92. The SMILES string of the molecule is Cc1ncc2[nH]c(=O)[nH]c2n1. The molecule has 0 aliphatic heterocycles. The van der Waals surface area contributed by atoms with E-state index in [1.165, 1.54) is 0 Å². The Morgan fingerprint density at radius 1 is 1.45 bits per heavy atom. The lowest BCUT2D eigenvalue weighted by molar-refractivity contribution is 1.08. The Hall–Kier alpha value is -1.65. The second kappa shape index (κ2) is 1.91. The number of nitrogens with one attached hydrogen (secondary N) is 2. The molecule has 2 rings (SSSR count). The molecule has 0 atom stereocenters. The highest BCUT2D eigenvalue weighted by molar-refractivity contribution is 5.67. The normalized spacial score (nSPS) is 10.6. The number of hydrogen-bond acceptors (Lipinski definition) is 3. The van der Waals surface area contributed by atoms with E-state index in [4.69, 9.17) is 0 Å². The number of nitrogens with zero attached hydrogens (tertiary/aromatic N) is 2. The third-order valence-electron chi connectivity index (χ3n) is 1.39. The van der Waals surface area contributed by atoms with Gasteiger partial charge in [0.2, 0.25) is 0 Å². The maximum absolute atomic E-state index is 10.7. The van der Waals surface area contributed by atoms with Crippen molar-refractivity contribution >= 4 is 11.2 Å². The molecule has 0 aliphatic rings. The Labute approximate surface area is 61.5 Å². The Morgan fingerprint density at radius 3 is 3.09 bits per heavy atom. The molecule has 11 heavy (non-hydrogen) atoms. The lowest BCUT2D eigenvalue weighted by atomic mass is 10.5. The van der Waals surface area contributed by atoms with Crippen molar-refractivity contribution < 1.29 is 0 Å². The average Bonchev–Trinajstić information content (AvgIpc) is 2.27. The lowest BCUT2D eigenvalue weighted by Gasteiger charge is -1.87.